The first-order valence-corrected chi connectivity index (χ1v) is 7.10. The van der Waals surface area contributed by atoms with Crippen molar-refractivity contribution in [2.75, 3.05) is 6.54 Å². The molecule has 0 aliphatic heterocycles. The first-order chi connectivity index (χ1) is 10.6. The van der Waals surface area contributed by atoms with Crippen LogP contribution in [0.4, 0.5) is 4.79 Å². The highest BCUT2D eigenvalue weighted by molar-refractivity contribution is 5.74. The van der Waals surface area contributed by atoms with E-state index in [4.69, 9.17) is 0 Å². The maximum absolute atomic E-state index is 11.7. The standard InChI is InChI=1S/C17H20N4O/c1-12(2)8-20-17(22)21-13(3)14-4-6-15(7-5-14)16-9-18-11-19-10-16/h4-7,9-11,13H,1,8H2,2-3H3,(H2,20,21,22). The maximum Gasteiger partial charge on any atom is 0.315 e. The Hall–Kier alpha value is -2.69. The molecular formula is C17H20N4O. The molecule has 0 bridgehead atoms. The van der Waals surface area contributed by atoms with Crippen LogP contribution in [0.15, 0.2) is 55.1 Å². The van der Waals surface area contributed by atoms with Gasteiger partial charge >= 0.3 is 6.03 Å². The molecule has 2 amide bonds. The second-order valence-electron chi connectivity index (χ2n) is 5.25. The van der Waals surface area contributed by atoms with Crippen molar-refractivity contribution in [3.05, 3.63) is 60.7 Å². The third-order valence-corrected chi connectivity index (χ3v) is 3.20. The number of nitrogens with zero attached hydrogens (tertiary/aromatic N) is 2. The molecule has 0 saturated carbocycles. The molecule has 0 aliphatic carbocycles. The fourth-order valence-electron chi connectivity index (χ4n) is 1.97. The van der Waals surface area contributed by atoms with Gasteiger partial charge in [-0.1, -0.05) is 36.4 Å². The summed E-state index contributed by atoms with van der Waals surface area (Å²) >= 11 is 0. The first kappa shape index (κ1) is 15.7. The molecule has 2 N–H and O–H groups in total. The van der Waals surface area contributed by atoms with Crippen molar-refractivity contribution in [3.63, 3.8) is 0 Å². The molecule has 1 aromatic carbocycles. The molecule has 5 heteroatoms. The minimum Gasteiger partial charge on any atom is -0.334 e. The largest absolute Gasteiger partial charge is 0.334 e. The first-order valence-electron chi connectivity index (χ1n) is 7.10. The van der Waals surface area contributed by atoms with Gasteiger partial charge in [-0.15, -0.1) is 0 Å². The fourth-order valence-corrected chi connectivity index (χ4v) is 1.97. The maximum atomic E-state index is 11.7. The Morgan fingerprint density at radius 3 is 2.41 bits per heavy atom. The number of aromatic nitrogens is 2. The van der Waals surface area contributed by atoms with Crippen molar-refractivity contribution in [1.82, 2.24) is 20.6 Å². The van der Waals surface area contributed by atoms with Crippen LogP contribution in [-0.4, -0.2) is 22.5 Å². The van der Waals surface area contributed by atoms with Crippen LogP contribution in [-0.2, 0) is 0 Å². The molecule has 2 rings (SSSR count). The summed E-state index contributed by atoms with van der Waals surface area (Å²) < 4.78 is 0. The molecule has 1 aromatic heterocycles. The van der Waals surface area contributed by atoms with Gasteiger partial charge in [0.15, 0.2) is 0 Å². The zero-order valence-electron chi connectivity index (χ0n) is 12.8. The minimum atomic E-state index is -0.198. The van der Waals surface area contributed by atoms with E-state index >= 15 is 0 Å². The van der Waals surface area contributed by atoms with E-state index in [0.29, 0.717) is 6.54 Å². The predicted molar refractivity (Wildman–Crippen MR) is 87.2 cm³/mol. The number of benzene rings is 1. The Morgan fingerprint density at radius 1 is 1.18 bits per heavy atom. The zero-order valence-corrected chi connectivity index (χ0v) is 12.8. The molecule has 2 aromatic rings. The Bertz CT molecular complexity index is 637. The molecule has 1 unspecified atom stereocenters. The van der Waals surface area contributed by atoms with E-state index in [9.17, 15) is 4.79 Å². The highest BCUT2D eigenvalue weighted by Crippen LogP contribution is 2.20. The molecular weight excluding hydrogens is 276 g/mol. The van der Waals surface area contributed by atoms with E-state index in [1.807, 2.05) is 38.1 Å². The molecule has 1 atom stereocenters. The Kier molecular flexibility index (Phi) is 5.25. The van der Waals surface area contributed by atoms with E-state index in [0.717, 1.165) is 22.3 Å². The van der Waals surface area contributed by atoms with Crippen LogP contribution in [0.1, 0.15) is 25.5 Å². The lowest BCUT2D eigenvalue weighted by Gasteiger charge is -2.15. The molecule has 0 radical (unpaired) electrons. The minimum absolute atomic E-state index is 0.0776. The van der Waals surface area contributed by atoms with Crippen LogP contribution < -0.4 is 10.6 Å². The SMILES string of the molecule is C=C(C)CNC(=O)NC(C)c1ccc(-c2cncnc2)cc1. The summed E-state index contributed by atoms with van der Waals surface area (Å²) in [4.78, 5) is 19.8. The van der Waals surface area contributed by atoms with E-state index in [-0.39, 0.29) is 12.1 Å². The summed E-state index contributed by atoms with van der Waals surface area (Å²) in [6.45, 7) is 8.04. The quantitative estimate of drug-likeness (QED) is 0.833. The zero-order chi connectivity index (χ0) is 15.9. The van der Waals surface area contributed by atoms with Crippen molar-refractivity contribution in [2.45, 2.75) is 19.9 Å². The number of nitrogens with one attached hydrogen (secondary N) is 2. The van der Waals surface area contributed by atoms with Gasteiger partial charge in [0, 0.05) is 24.5 Å². The summed E-state index contributed by atoms with van der Waals surface area (Å²) in [6, 6.07) is 7.70. The van der Waals surface area contributed by atoms with Gasteiger partial charge in [0.2, 0.25) is 0 Å². The van der Waals surface area contributed by atoms with Gasteiger partial charge in [0.1, 0.15) is 6.33 Å². The van der Waals surface area contributed by atoms with Gasteiger partial charge in [-0.05, 0) is 25.0 Å². The van der Waals surface area contributed by atoms with Gasteiger partial charge in [0.25, 0.3) is 0 Å². The molecule has 0 saturated heterocycles. The Morgan fingerprint density at radius 2 is 1.82 bits per heavy atom. The average Bonchev–Trinajstić information content (AvgIpc) is 2.54. The fraction of sp³-hybridized carbons (Fsp3) is 0.235. The van der Waals surface area contributed by atoms with Crippen molar-refractivity contribution in [1.29, 1.82) is 0 Å². The van der Waals surface area contributed by atoms with Gasteiger partial charge < -0.3 is 10.6 Å². The van der Waals surface area contributed by atoms with E-state index in [1.54, 1.807) is 12.4 Å². The lowest BCUT2D eigenvalue weighted by atomic mass is 10.0. The van der Waals surface area contributed by atoms with Crippen molar-refractivity contribution >= 4 is 6.03 Å². The highest BCUT2D eigenvalue weighted by atomic mass is 16.2. The topological polar surface area (TPSA) is 66.9 Å². The van der Waals surface area contributed by atoms with Crippen LogP contribution in [0.5, 0.6) is 0 Å². The van der Waals surface area contributed by atoms with E-state index in [1.165, 1.54) is 6.33 Å². The molecule has 1 heterocycles. The van der Waals surface area contributed by atoms with Crippen molar-refractivity contribution in [3.8, 4) is 11.1 Å². The van der Waals surface area contributed by atoms with Crippen LogP contribution in [0.2, 0.25) is 0 Å². The number of hydrogen-bond donors (Lipinski definition) is 2. The summed E-state index contributed by atoms with van der Waals surface area (Å²) in [6.07, 6.45) is 5.05. The number of carbonyl (C=O) groups is 1. The number of rotatable bonds is 5. The highest BCUT2D eigenvalue weighted by Gasteiger charge is 2.09. The second kappa shape index (κ2) is 7.36. The van der Waals surface area contributed by atoms with Crippen LogP contribution >= 0.6 is 0 Å². The number of urea groups is 1. The lowest BCUT2D eigenvalue weighted by Crippen LogP contribution is -2.37. The molecule has 5 nitrogen and oxygen atoms in total. The predicted octanol–water partition coefficient (Wildman–Crippen LogP) is 3.08. The van der Waals surface area contributed by atoms with Crippen LogP contribution in [0.3, 0.4) is 0 Å². The Balaban J connectivity index is 1.98. The smallest absolute Gasteiger partial charge is 0.315 e. The van der Waals surface area contributed by atoms with Gasteiger partial charge in [-0.2, -0.15) is 0 Å². The molecule has 22 heavy (non-hydrogen) atoms. The van der Waals surface area contributed by atoms with Crippen LogP contribution in [0, 0.1) is 0 Å². The summed E-state index contributed by atoms with van der Waals surface area (Å²) in [5.41, 5.74) is 3.96. The van der Waals surface area contributed by atoms with E-state index < -0.39 is 0 Å². The number of carbonyl (C=O) groups excluding carboxylic acids is 1. The van der Waals surface area contributed by atoms with Gasteiger partial charge in [-0.25, -0.2) is 14.8 Å². The van der Waals surface area contributed by atoms with Crippen molar-refractivity contribution in [2.24, 2.45) is 0 Å². The molecule has 0 aliphatic rings. The normalized spacial score (nSPS) is 11.5. The summed E-state index contributed by atoms with van der Waals surface area (Å²) in [5, 5.41) is 5.65. The van der Waals surface area contributed by atoms with Gasteiger partial charge in [-0.3, -0.25) is 0 Å². The monoisotopic (exact) mass is 296 g/mol. The van der Waals surface area contributed by atoms with Crippen molar-refractivity contribution < 1.29 is 4.79 Å². The Labute approximate surface area is 130 Å². The molecule has 0 spiro atoms. The summed E-state index contributed by atoms with van der Waals surface area (Å²) in [5.74, 6) is 0. The van der Waals surface area contributed by atoms with Crippen LogP contribution in [0.25, 0.3) is 11.1 Å². The number of hydrogen-bond acceptors (Lipinski definition) is 3. The van der Waals surface area contributed by atoms with Gasteiger partial charge in [0.05, 0.1) is 6.04 Å². The summed E-state index contributed by atoms with van der Waals surface area (Å²) in [7, 11) is 0. The van der Waals surface area contributed by atoms with E-state index in [2.05, 4.69) is 27.2 Å². The third-order valence-electron chi connectivity index (χ3n) is 3.20. The third kappa shape index (κ3) is 4.41. The average molecular weight is 296 g/mol. The lowest BCUT2D eigenvalue weighted by molar-refractivity contribution is 0.238. The molecule has 0 fully saturated rings. The second-order valence-corrected chi connectivity index (χ2v) is 5.25. The number of amides is 2. The molecule has 114 valence electrons.